The van der Waals surface area contributed by atoms with Crippen molar-refractivity contribution in [1.82, 2.24) is 5.32 Å². The minimum Gasteiger partial charge on any atom is -0.396 e. The fourth-order valence-electron chi connectivity index (χ4n) is 1.61. The molecule has 2 rings (SSSR count). The molecule has 0 spiro atoms. The van der Waals surface area contributed by atoms with Crippen molar-refractivity contribution in [3.05, 3.63) is 29.3 Å². The normalized spacial score (nSPS) is 16.3. The maximum atomic E-state index is 11.7. The van der Waals surface area contributed by atoms with Gasteiger partial charge in [0.25, 0.3) is 0 Å². The first-order valence-corrected chi connectivity index (χ1v) is 7.26. The van der Waals surface area contributed by atoms with E-state index in [0.29, 0.717) is 17.3 Å². The molecule has 1 fully saturated rings. The average Bonchev–Trinajstić information content (AvgIpc) is 3.16. The highest BCUT2D eigenvalue weighted by atomic mass is 35.5. The first-order valence-electron chi connectivity index (χ1n) is 5.90. The first kappa shape index (κ1) is 13.7. The molecule has 1 aromatic rings. The van der Waals surface area contributed by atoms with Gasteiger partial charge in [-0.1, -0.05) is 23.7 Å². The lowest BCUT2D eigenvalue weighted by Crippen LogP contribution is -2.32. The van der Waals surface area contributed by atoms with Crippen molar-refractivity contribution in [3.8, 4) is 0 Å². The maximum Gasteiger partial charge on any atom is 0.230 e. The van der Waals surface area contributed by atoms with Crippen LogP contribution in [0.25, 0.3) is 0 Å². The van der Waals surface area contributed by atoms with Gasteiger partial charge in [-0.2, -0.15) is 0 Å². The number of nitrogens with one attached hydrogen (secondary N) is 1. The van der Waals surface area contributed by atoms with E-state index in [9.17, 15) is 4.79 Å². The minimum atomic E-state index is -0.0370. The lowest BCUT2D eigenvalue weighted by Gasteiger charge is -2.12. The number of benzene rings is 1. The SMILES string of the molecule is O=C(CSc1ccccc1Cl)NCC1(CO)CC1. The van der Waals surface area contributed by atoms with Gasteiger partial charge in [0, 0.05) is 16.9 Å². The van der Waals surface area contributed by atoms with Crippen LogP contribution in [-0.4, -0.2) is 29.9 Å². The molecule has 0 radical (unpaired) electrons. The molecule has 0 bridgehead atoms. The maximum absolute atomic E-state index is 11.7. The van der Waals surface area contributed by atoms with Gasteiger partial charge in [0.15, 0.2) is 0 Å². The molecule has 0 heterocycles. The highest BCUT2D eigenvalue weighted by Crippen LogP contribution is 2.44. The van der Waals surface area contributed by atoms with Crippen LogP contribution in [0.4, 0.5) is 0 Å². The Hall–Kier alpha value is -0.710. The largest absolute Gasteiger partial charge is 0.396 e. The highest BCUT2D eigenvalue weighted by Gasteiger charge is 2.41. The molecular weight excluding hydrogens is 270 g/mol. The van der Waals surface area contributed by atoms with E-state index in [-0.39, 0.29) is 17.9 Å². The summed E-state index contributed by atoms with van der Waals surface area (Å²) in [6, 6.07) is 7.48. The van der Waals surface area contributed by atoms with Gasteiger partial charge in [-0.15, -0.1) is 11.8 Å². The Kier molecular flexibility index (Phi) is 4.54. The van der Waals surface area contributed by atoms with Crippen molar-refractivity contribution >= 4 is 29.3 Å². The number of hydrogen-bond acceptors (Lipinski definition) is 3. The van der Waals surface area contributed by atoms with E-state index in [0.717, 1.165) is 17.7 Å². The van der Waals surface area contributed by atoms with Crippen LogP contribution in [0.3, 0.4) is 0 Å². The molecule has 1 aliphatic carbocycles. The van der Waals surface area contributed by atoms with Gasteiger partial charge in [-0.25, -0.2) is 0 Å². The van der Waals surface area contributed by atoms with Crippen LogP contribution in [0, 0.1) is 5.41 Å². The molecule has 1 aromatic carbocycles. The molecule has 5 heteroatoms. The van der Waals surface area contributed by atoms with Crippen molar-refractivity contribution in [1.29, 1.82) is 0 Å². The van der Waals surface area contributed by atoms with Gasteiger partial charge in [0.1, 0.15) is 0 Å². The number of carbonyl (C=O) groups excluding carboxylic acids is 1. The average molecular weight is 286 g/mol. The van der Waals surface area contributed by atoms with Crippen molar-refractivity contribution in [2.75, 3.05) is 18.9 Å². The molecule has 0 saturated heterocycles. The Morgan fingerprint density at radius 2 is 2.17 bits per heavy atom. The lowest BCUT2D eigenvalue weighted by atomic mass is 10.1. The monoisotopic (exact) mass is 285 g/mol. The summed E-state index contributed by atoms with van der Waals surface area (Å²) in [4.78, 5) is 12.6. The highest BCUT2D eigenvalue weighted by molar-refractivity contribution is 8.00. The summed E-state index contributed by atoms with van der Waals surface area (Å²) in [5.41, 5.74) is -0.0370. The third-order valence-electron chi connectivity index (χ3n) is 3.15. The van der Waals surface area contributed by atoms with Gasteiger partial charge in [0.2, 0.25) is 5.91 Å². The van der Waals surface area contributed by atoms with Crippen LogP contribution >= 0.6 is 23.4 Å². The topological polar surface area (TPSA) is 49.3 Å². The predicted octanol–water partition coefficient (Wildman–Crippen LogP) is 2.32. The van der Waals surface area contributed by atoms with Crippen molar-refractivity contribution in [2.45, 2.75) is 17.7 Å². The summed E-state index contributed by atoms with van der Waals surface area (Å²) in [5, 5.41) is 12.7. The number of amides is 1. The zero-order valence-electron chi connectivity index (χ0n) is 9.99. The summed E-state index contributed by atoms with van der Waals surface area (Å²) < 4.78 is 0. The summed E-state index contributed by atoms with van der Waals surface area (Å²) in [6.07, 6.45) is 2.00. The fraction of sp³-hybridized carbons (Fsp3) is 0.462. The molecule has 1 aliphatic rings. The molecule has 3 nitrogen and oxygen atoms in total. The van der Waals surface area contributed by atoms with Crippen molar-refractivity contribution < 1.29 is 9.90 Å². The van der Waals surface area contributed by atoms with E-state index in [1.54, 1.807) is 0 Å². The standard InChI is InChI=1S/C13H16ClNO2S/c14-10-3-1-2-4-11(10)18-7-12(17)15-8-13(9-16)5-6-13/h1-4,16H,5-9H2,(H,15,17). The van der Waals surface area contributed by atoms with E-state index in [1.807, 2.05) is 24.3 Å². The van der Waals surface area contributed by atoms with Crippen LogP contribution in [0.5, 0.6) is 0 Å². The Bertz CT molecular complexity index is 435. The number of thioether (sulfide) groups is 1. The predicted molar refractivity (Wildman–Crippen MR) is 73.9 cm³/mol. The second-order valence-electron chi connectivity index (χ2n) is 4.65. The number of carbonyl (C=O) groups is 1. The van der Waals surface area contributed by atoms with E-state index < -0.39 is 0 Å². The van der Waals surface area contributed by atoms with Gasteiger partial charge < -0.3 is 10.4 Å². The van der Waals surface area contributed by atoms with E-state index >= 15 is 0 Å². The van der Waals surface area contributed by atoms with Gasteiger partial charge in [-0.3, -0.25) is 4.79 Å². The minimum absolute atomic E-state index is 0.0142. The van der Waals surface area contributed by atoms with E-state index in [1.165, 1.54) is 11.8 Å². The lowest BCUT2D eigenvalue weighted by molar-refractivity contribution is -0.118. The fourth-order valence-corrected chi connectivity index (χ4v) is 2.68. The second kappa shape index (κ2) is 5.95. The molecule has 0 aliphatic heterocycles. The molecule has 1 saturated carbocycles. The van der Waals surface area contributed by atoms with Crippen LogP contribution in [0.2, 0.25) is 5.02 Å². The molecular formula is C13H16ClNO2S. The summed E-state index contributed by atoms with van der Waals surface area (Å²) in [7, 11) is 0. The Morgan fingerprint density at radius 3 is 2.78 bits per heavy atom. The molecule has 98 valence electrons. The quantitative estimate of drug-likeness (QED) is 0.789. The van der Waals surface area contributed by atoms with Gasteiger partial charge >= 0.3 is 0 Å². The van der Waals surface area contributed by atoms with Crippen LogP contribution < -0.4 is 5.32 Å². The Morgan fingerprint density at radius 1 is 1.44 bits per heavy atom. The number of halogens is 1. The van der Waals surface area contributed by atoms with Crippen molar-refractivity contribution in [3.63, 3.8) is 0 Å². The Balaban J connectivity index is 1.74. The van der Waals surface area contributed by atoms with Crippen LogP contribution in [0.1, 0.15) is 12.8 Å². The summed E-state index contributed by atoms with van der Waals surface area (Å²) >= 11 is 7.43. The number of hydrogen-bond donors (Lipinski definition) is 2. The molecule has 2 N–H and O–H groups in total. The molecule has 0 unspecified atom stereocenters. The van der Waals surface area contributed by atoms with Crippen molar-refractivity contribution in [2.24, 2.45) is 5.41 Å². The van der Waals surface area contributed by atoms with Crippen LogP contribution in [-0.2, 0) is 4.79 Å². The molecule has 18 heavy (non-hydrogen) atoms. The van der Waals surface area contributed by atoms with Crippen LogP contribution in [0.15, 0.2) is 29.2 Å². The van der Waals surface area contributed by atoms with Gasteiger partial charge in [-0.05, 0) is 25.0 Å². The molecule has 0 aromatic heterocycles. The summed E-state index contributed by atoms with van der Waals surface area (Å²) in [6.45, 7) is 0.732. The molecule has 1 amide bonds. The number of aliphatic hydroxyl groups is 1. The molecule has 0 atom stereocenters. The zero-order chi connectivity index (χ0) is 13.0. The smallest absolute Gasteiger partial charge is 0.230 e. The second-order valence-corrected chi connectivity index (χ2v) is 6.08. The summed E-state index contributed by atoms with van der Waals surface area (Å²) in [5.74, 6) is 0.338. The third kappa shape index (κ3) is 3.64. The third-order valence-corrected chi connectivity index (χ3v) is 4.66. The number of rotatable bonds is 6. The van der Waals surface area contributed by atoms with Gasteiger partial charge in [0.05, 0.1) is 17.4 Å². The van der Waals surface area contributed by atoms with E-state index in [4.69, 9.17) is 16.7 Å². The zero-order valence-corrected chi connectivity index (χ0v) is 11.6. The number of aliphatic hydroxyl groups excluding tert-OH is 1. The Labute approximate surface area is 116 Å². The van der Waals surface area contributed by atoms with E-state index in [2.05, 4.69) is 5.32 Å². The first-order chi connectivity index (χ1) is 8.65.